The largest absolute Gasteiger partial charge is 0.468 e. The molecule has 0 spiro atoms. The number of anilines is 1. The summed E-state index contributed by atoms with van der Waals surface area (Å²) in [6, 6.07) is 18.0. The number of rotatable bonds is 5. The van der Waals surface area contributed by atoms with E-state index in [9.17, 15) is 14.4 Å². The first kappa shape index (κ1) is 19.6. The summed E-state index contributed by atoms with van der Waals surface area (Å²) in [5.41, 5.74) is 1.04. The van der Waals surface area contributed by atoms with Crippen LogP contribution in [0.15, 0.2) is 65.1 Å². The Morgan fingerprint density at radius 3 is 2.43 bits per heavy atom. The van der Waals surface area contributed by atoms with Gasteiger partial charge in [0.1, 0.15) is 6.54 Å². The summed E-state index contributed by atoms with van der Waals surface area (Å²) >= 11 is 3.34. The third-order valence-electron chi connectivity index (χ3n) is 4.11. The summed E-state index contributed by atoms with van der Waals surface area (Å²) in [5, 5.41) is 7.21. The Balaban J connectivity index is 1.83. The number of halogens is 1. The lowest BCUT2D eigenvalue weighted by molar-refractivity contribution is -0.139. The number of nitrogens with one attached hydrogen (secondary N) is 2. The summed E-state index contributed by atoms with van der Waals surface area (Å²) in [7, 11) is 1.24. The van der Waals surface area contributed by atoms with Crippen molar-refractivity contribution in [2.75, 3.05) is 19.0 Å². The molecule has 7 heteroatoms. The standard InChI is InChI=1S/C21H17BrN2O4/c1-28-19(25)12-23-21(27)17-9-8-16(22)11-18(17)24-20(26)15-7-6-13-4-2-3-5-14(13)10-15/h2-11H,12H2,1H3,(H,23,27)(H,24,26). The highest BCUT2D eigenvalue weighted by atomic mass is 79.9. The molecule has 0 aliphatic heterocycles. The van der Waals surface area contributed by atoms with Crippen molar-refractivity contribution in [2.45, 2.75) is 0 Å². The first-order valence-electron chi connectivity index (χ1n) is 8.42. The van der Waals surface area contributed by atoms with E-state index in [0.717, 1.165) is 10.8 Å². The molecule has 0 aromatic heterocycles. The number of benzene rings is 3. The van der Waals surface area contributed by atoms with Gasteiger partial charge in [-0.05, 0) is 41.1 Å². The van der Waals surface area contributed by atoms with Gasteiger partial charge in [-0.25, -0.2) is 0 Å². The van der Waals surface area contributed by atoms with Crippen molar-refractivity contribution in [3.63, 3.8) is 0 Å². The zero-order valence-corrected chi connectivity index (χ0v) is 16.6. The van der Waals surface area contributed by atoms with Crippen molar-refractivity contribution in [2.24, 2.45) is 0 Å². The first-order valence-corrected chi connectivity index (χ1v) is 9.22. The SMILES string of the molecule is COC(=O)CNC(=O)c1ccc(Br)cc1NC(=O)c1ccc2ccccc2c1. The van der Waals surface area contributed by atoms with Gasteiger partial charge in [-0.3, -0.25) is 14.4 Å². The summed E-state index contributed by atoms with van der Waals surface area (Å²) in [6.45, 7) is -0.260. The molecule has 2 N–H and O–H groups in total. The smallest absolute Gasteiger partial charge is 0.325 e. The van der Waals surface area contributed by atoms with E-state index in [0.29, 0.717) is 15.7 Å². The van der Waals surface area contributed by atoms with Crippen LogP contribution in [0.4, 0.5) is 5.69 Å². The number of carbonyl (C=O) groups excluding carboxylic acids is 3. The summed E-state index contributed by atoms with van der Waals surface area (Å²) in [4.78, 5) is 36.4. The highest BCUT2D eigenvalue weighted by Crippen LogP contribution is 2.23. The second-order valence-electron chi connectivity index (χ2n) is 5.96. The summed E-state index contributed by atoms with van der Waals surface area (Å²) in [6.07, 6.45) is 0. The highest BCUT2D eigenvalue weighted by Gasteiger charge is 2.16. The van der Waals surface area contributed by atoms with E-state index >= 15 is 0 Å². The fraction of sp³-hybridized carbons (Fsp3) is 0.0952. The Morgan fingerprint density at radius 1 is 0.929 bits per heavy atom. The van der Waals surface area contributed by atoms with Crippen LogP contribution in [0.3, 0.4) is 0 Å². The molecule has 3 rings (SSSR count). The fourth-order valence-electron chi connectivity index (χ4n) is 2.66. The second-order valence-corrected chi connectivity index (χ2v) is 6.88. The van der Waals surface area contributed by atoms with E-state index in [2.05, 4.69) is 31.3 Å². The molecule has 0 radical (unpaired) electrons. The number of hydrogen-bond acceptors (Lipinski definition) is 4. The fourth-order valence-corrected chi connectivity index (χ4v) is 3.02. The lowest BCUT2D eigenvalue weighted by Crippen LogP contribution is -2.31. The van der Waals surface area contributed by atoms with Gasteiger partial charge in [-0.15, -0.1) is 0 Å². The van der Waals surface area contributed by atoms with E-state index in [1.54, 1.807) is 30.3 Å². The molecule has 2 amide bonds. The van der Waals surface area contributed by atoms with Gasteiger partial charge in [-0.1, -0.05) is 46.3 Å². The Kier molecular flexibility index (Phi) is 6.06. The topological polar surface area (TPSA) is 84.5 Å². The van der Waals surface area contributed by atoms with Gasteiger partial charge in [0, 0.05) is 10.0 Å². The molecule has 0 bridgehead atoms. The molecule has 0 aliphatic rings. The molecule has 3 aromatic carbocycles. The highest BCUT2D eigenvalue weighted by molar-refractivity contribution is 9.10. The van der Waals surface area contributed by atoms with Crippen molar-refractivity contribution >= 4 is 50.2 Å². The maximum absolute atomic E-state index is 12.7. The summed E-state index contributed by atoms with van der Waals surface area (Å²) in [5.74, 6) is -1.40. The number of fused-ring (bicyclic) bond motifs is 1. The van der Waals surface area contributed by atoms with E-state index in [-0.39, 0.29) is 18.0 Å². The van der Waals surface area contributed by atoms with Crippen LogP contribution in [0.5, 0.6) is 0 Å². The van der Waals surface area contributed by atoms with E-state index in [1.165, 1.54) is 7.11 Å². The molecule has 0 fully saturated rings. The first-order chi connectivity index (χ1) is 13.5. The second kappa shape index (κ2) is 8.67. The zero-order chi connectivity index (χ0) is 20.1. The summed E-state index contributed by atoms with van der Waals surface area (Å²) < 4.78 is 5.21. The van der Waals surface area contributed by atoms with Gasteiger partial charge in [-0.2, -0.15) is 0 Å². The molecule has 0 unspecified atom stereocenters. The van der Waals surface area contributed by atoms with E-state index in [4.69, 9.17) is 0 Å². The molecule has 0 saturated heterocycles. The normalized spacial score (nSPS) is 10.4. The van der Waals surface area contributed by atoms with E-state index in [1.807, 2.05) is 30.3 Å². The lowest BCUT2D eigenvalue weighted by Gasteiger charge is -2.12. The van der Waals surface area contributed by atoms with Gasteiger partial charge in [0.05, 0.1) is 18.4 Å². The maximum atomic E-state index is 12.7. The molecule has 0 saturated carbocycles. The Morgan fingerprint density at radius 2 is 1.68 bits per heavy atom. The van der Waals surface area contributed by atoms with Gasteiger partial charge < -0.3 is 15.4 Å². The minimum Gasteiger partial charge on any atom is -0.468 e. The van der Waals surface area contributed by atoms with Crippen LogP contribution in [-0.4, -0.2) is 31.4 Å². The average Bonchev–Trinajstić information content (AvgIpc) is 2.71. The molecule has 0 heterocycles. The molecule has 6 nitrogen and oxygen atoms in total. The Hall–Kier alpha value is -3.19. The average molecular weight is 441 g/mol. The third kappa shape index (κ3) is 4.55. The number of carbonyl (C=O) groups is 3. The van der Waals surface area contributed by atoms with Crippen LogP contribution >= 0.6 is 15.9 Å². The van der Waals surface area contributed by atoms with Crippen molar-refractivity contribution in [3.8, 4) is 0 Å². The van der Waals surface area contributed by atoms with Crippen LogP contribution in [0.2, 0.25) is 0 Å². The Labute approximate surface area is 170 Å². The van der Waals surface area contributed by atoms with Crippen LogP contribution in [0, 0.1) is 0 Å². The molecule has 28 heavy (non-hydrogen) atoms. The molecular weight excluding hydrogens is 424 g/mol. The third-order valence-corrected chi connectivity index (χ3v) is 4.60. The maximum Gasteiger partial charge on any atom is 0.325 e. The predicted octanol–water partition coefficient (Wildman–Crippen LogP) is 3.76. The molecule has 0 atom stereocenters. The van der Waals surface area contributed by atoms with Gasteiger partial charge in [0.15, 0.2) is 0 Å². The number of ether oxygens (including phenoxy) is 1. The molecule has 3 aromatic rings. The van der Waals surface area contributed by atoms with Gasteiger partial charge in [0.25, 0.3) is 11.8 Å². The lowest BCUT2D eigenvalue weighted by atomic mass is 10.1. The monoisotopic (exact) mass is 440 g/mol. The van der Waals surface area contributed by atoms with Crippen LogP contribution in [0.25, 0.3) is 10.8 Å². The van der Waals surface area contributed by atoms with Crippen LogP contribution in [-0.2, 0) is 9.53 Å². The van der Waals surface area contributed by atoms with Crippen LogP contribution in [0.1, 0.15) is 20.7 Å². The van der Waals surface area contributed by atoms with E-state index < -0.39 is 11.9 Å². The quantitative estimate of drug-likeness (QED) is 0.591. The van der Waals surface area contributed by atoms with Crippen molar-refractivity contribution < 1.29 is 19.1 Å². The predicted molar refractivity (Wildman–Crippen MR) is 110 cm³/mol. The van der Waals surface area contributed by atoms with Gasteiger partial charge >= 0.3 is 5.97 Å². The molecule has 142 valence electrons. The minimum absolute atomic E-state index is 0.237. The molecular formula is C21H17BrN2O4. The number of esters is 1. The van der Waals surface area contributed by atoms with Crippen molar-refractivity contribution in [3.05, 3.63) is 76.3 Å². The van der Waals surface area contributed by atoms with Crippen molar-refractivity contribution in [1.29, 1.82) is 0 Å². The zero-order valence-electron chi connectivity index (χ0n) is 15.0. The number of hydrogen-bond donors (Lipinski definition) is 2. The number of methoxy groups -OCH3 is 1. The minimum atomic E-state index is -0.563. The van der Waals surface area contributed by atoms with Gasteiger partial charge in [0.2, 0.25) is 0 Å². The van der Waals surface area contributed by atoms with Crippen molar-refractivity contribution in [1.82, 2.24) is 5.32 Å². The number of amides is 2. The van der Waals surface area contributed by atoms with Crippen LogP contribution < -0.4 is 10.6 Å². The Bertz CT molecular complexity index is 1070. The molecule has 0 aliphatic carbocycles.